The van der Waals surface area contributed by atoms with Gasteiger partial charge in [0.25, 0.3) is 0 Å². The number of esters is 1. The van der Waals surface area contributed by atoms with Crippen molar-refractivity contribution in [3.63, 3.8) is 0 Å². The Morgan fingerprint density at radius 2 is 1.48 bits per heavy atom. The highest BCUT2D eigenvalue weighted by Crippen LogP contribution is 2.08. The summed E-state index contributed by atoms with van der Waals surface area (Å²) in [7, 11) is 5.75. The molecule has 0 aromatic heterocycles. The number of nitrogens with zero attached hydrogens (tertiary/aromatic N) is 1. The van der Waals surface area contributed by atoms with Gasteiger partial charge in [-0.05, 0) is 5.92 Å². The van der Waals surface area contributed by atoms with Crippen molar-refractivity contribution in [3.8, 4) is 0 Å². The zero-order valence-corrected chi connectivity index (χ0v) is 16.4. The van der Waals surface area contributed by atoms with E-state index in [-0.39, 0.29) is 18.3 Å². The third kappa shape index (κ3) is 19.7. The summed E-state index contributed by atoms with van der Waals surface area (Å²) < 4.78 is 5.71. The molecule has 0 amide bonds. The smallest absolute Gasteiger partial charge is 0.372 e. The topological polar surface area (TPSA) is 158 Å². The number of Topliss-reactive ketones (excluding diaryl/α,β-unsaturated/α-hetero) is 1. The van der Waals surface area contributed by atoms with Gasteiger partial charge in [-0.15, -0.1) is 0 Å². The summed E-state index contributed by atoms with van der Waals surface area (Å²) in [5.41, 5.74) is 0. The maximum absolute atomic E-state index is 11.5. The van der Waals surface area contributed by atoms with Crippen molar-refractivity contribution in [2.24, 2.45) is 5.92 Å². The van der Waals surface area contributed by atoms with Gasteiger partial charge in [-0.2, -0.15) is 0 Å². The number of likely N-dealkylation sites (N-methyl/N-ethyl adjacent to an activating group) is 1. The molecule has 0 rings (SSSR count). The van der Waals surface area contributed by atoms with Crippen molar-refractivity contribution in [2.45, 2.75) is 45.6 Å². The first kappa shape index (κ1) is 26.7. The summed E-state index contributed by atoms with van der Waals surface area (Å²) in [6, 6.07) is 0. The lowest BCUT2D eigenvalue weighted by atomic mass is 10.1. The number of rotatable bonds is 11. The number of hydrogen-bond acceptors (Lipinski definition) is 7. The lowest BCUT2D eigenvalue weighted by molar-refractivity contribution is -0.873. The Hall–Kier alpha value is -2.49. The fraction of sp³-hybridized carbons (Fsp3) is 0.706. The van der Waals surface area contributed by atoms with E-state index in [2.05, 4.69) is 0 Å². The van der Waals surface area contributed by atoms with Gasteiger partial charge in [0.15, 0.2) is 6.10 Å². The van der Waals surface area contributed by atoms with Crippen LogP contribution in [0.4, 0.5) is 0 Å². The fourth-order valence-corrected chi connectivity index (χ4v) is 1.84. The van der Waals surface area contributed by atoms with E-state index in [9.17, 15) is 29.1 Å². The summed E-state index contributed by atoms with van der Waals surface area (Å²) in [5, 5.41) is 26.5. The molecular weight excluding hydrogens is 362 g/mol. The van der Waals surface area contributed by atoms with Gasteiger partial charge >= 0.3 is 17.9 Å². The molecule has 0 aromatic carbocycles. The van der Waals surface area contributed by atoms with Crippen molar-refractivity contribution < 1.29 is 48.5 Å². The van der Waals surface area contributed by atoms with E-state index < -0.39 is 42.6 Å². The first-order valence-electron chi connectivity index (χ1n) is 8.31. The quantitative estimate of drug-likeness (QED) is 0.264. The predicted molar refractivity (Wildman–Crippen MR) is 91.4 cm³/mol. The monoisotopic (exact) mass is 391 g/mol. The first-order valence-corrected chi connectivity index (χ1v) is 8.31. The predicted octanol–water partition coefficient (Wildman–Crippen LogP) is -0.705. The van der Waals surface area contributed by atoms with Crippen LogP contribution in [-0.4, -0.2) is 78.1 Å². The zero-order valence-electron chi connectivity index (χ0n) is 16.4. The number of ketones is 1. The van der Waals surface area contributed by atoms with Crippen molar-refractivity contribution in [2.75, 3.05) is 27.7 Å². The van der Waals surface area contributed by atoms with E-state index >= 15 is 0 Å². The van der Waals surface area contributed by atoms with Gasteiger partial charge < -0.3 is 29.3 Å². The normalized spacial score (nSPS) is 11.8. The molecule has 156 valence electrons. The molecule has 0 spiro atoms. The Bertz CT molecular complexity index is 535. The van der Waals surface area contributed by atoms with E-state index in [1.165, 1.54) is 0 Å². The Labute approximate surface area is 158 Å². The van der Waals surface area contributed by atoms with Gasteiger partial charge in [0.05, 0.1) is 27.6 Å². The van der Waals surface area contributed by atoms with Gasteiger partial charge in [0, 0.05) is 25.2 Å². The summed E-state index contributed by atoms with van der Waals surface area (Å²) in [4.78, 5) is 51.8. The lowest BCUT2D eigenvalue weighted by Crippen LogP contribution is -2.45. The number of carbonyl (C=O) groups excluding carboxylic acids is 3. The molecule has 1 unspecified atom stereocenters. The van der Waals surface area contributed by atoms with Crippen LogP contribution in [-0.2, 0) is 28.7 Å². The molecule has 0 saturated heterocycles. The summed E-state index contributed by atoms with van der Waals surface area (Å²) in [5.74, 6) is -5.16. The van der Waals surface area contributed by atoms with E-state index in [0.29, 0.717) is 17.4 Å². The Kier molecular flexibility index (Phi) is 12.7. The standard InChI is InChI=1S/C12H23NO4.C5H6O5/c1-9(2)6-12(16)17-10(7-11(14)15)8-13(3,4)5;6-3(5(9)10)1-2-4(7)8/h9-10H,6-8H2,1-5H3;1-2H2,(H,7,8)(H,9,10). The largest absolute Gasteiger partial charge is 0.550 e. The summed E-state index contributed by atoms with van der Waals surface area (Å²) in [6.07, 6.45) is -1.43. The zero-order chi connectivity index (χ0) is 21.8. The molecule has 0 aliphatic rings. The van der Waals surface area contributed by atoms with E-state index in [1.54, 1.807) is 0 Å². The van der Waals surface area contributed by atoms with Crippen LogP contribution >= 0.6 is 0 Å². The van der Waals surface area contributed by atoms with Gasteiger partial charge in [-0.1, -0.05) is 13.8 Å². The van der Waals surface area contributed by atoms with Gasteiger partial charge in [0.1, 0.15) is 6.54 Å². The second-order valence-electron chi connectivity index (χ2n) is 7.38. The number of carboxylic acids is 3. The van der Waals surface area contributed by atoms with Crippen molar-refractivity contribution >= 4 is 29.7 Å². The average Bonchev–Trinajstić information content (AvgIpc) is 2.41. The second kappa shape index (κ2) is 12.8. The molecule has 1 atom stereocenters. The van der Waals surface area contributed by atoms with E-state index in [1.807, 2.05) is 35.0 Å². The van der Waals surface area contributed by atoms with E-state index in [0.717, 1.165) is 0 Å². The third-order valence-corrected chi connectivity index (χ3v) is 2.82. The highest BCUT2D eigenvalue weighted by Gasteiger charge is 2.22. The molecule has 0 aromatic rings. The highest BCUT2D eigenvalue weighted by molar-refractivity contribution is 6.32. The lowest BCUT2D eigenvalue weighted by Gasteiger charge is -2.29. The summed E-state index contributed by atoms with van der Waals surface area (Å²) >= 11 is 0. The maximum atomic E-state index is 11.5. The second-order valence-corrected chi connectivity index (χ2v) is 7.38. The van der Waals surface area contributed by atoms with Gasteiger partial charge in [-0.25, -0.2) is 4.79 Å². The molecule has 0 saturated carbocycles. The number of hydrogen-bond donors (Lipinski definition) is 2. The SMILES string of the molecule is CC(C)CC(=O)OC(CC(=O)[O-])C[N+](C)(C)C.O=C(O)CCC(=O)C(=O)O. The molecular formula is C17H29NO9. The average molecular weight is 391 g/mol. The molecule has 2 N–H and O–H groups in total. The number of carboxylic acid groups (broad SMARTS) is 3. The van der Waals surface area contributed by atoms with Crippen LogP contribution in [0.25, 0.3) is 0 Å². The molecule has 0 aliphatic heterocycles. The molecule has 0 aliphatic carbocycles. The van der Waals surface area contributed by atoms with Crippen LogP contribution in [0.15, 0.2) is 0 Å². The first-order chi connectivity index (χ1) is 12.1. The van der Waals surface area contributed by atoms with Crippen LogP contribution in [0.1, 0.15) is 39.5 Å². The minimum Gasteiger partial charge on any atom is -0.550 e. The van der Waals surface area contributed by atoms with Crippen LogP contribution in [0.2, 0.25) is 0 Å². The Balaban J connectivity index is 0. The highest BCUT2D eigenvalue weighted by atomic mass is 16.5. The van der Waals surface area contributed by atoms with Crippen molar-refractivity contribution in [1.82, 2.24) is 0 Å². The van der Waals surface area contributed by atoms with Crippen LogP contribution in [0.3, 0.4) is 0 Å². The van der Waals surface area contributed by atoms with Crippen molar-refractivity contribution in [3.05, 3.63) is 0 Å². The molecule has 0 bridgehead atoms. The molecule has 27 heavy (non-hydrogen) atoms. The summed E-state index contributed by atoms with van der Waals surface area (Å²) in [6.45, 7) is 4.28. The Morgan fingerprint density at radius 1 is 0.963 bits per heavy atom. The number of quaternary nitrogens is 1. The van der Waals surface area contributed by atoms with Gasteiger partial charge in [0.2, 0.25) is 5.78 Å². The van der Waals surface area contributed by atoms with Crippen LogP contribution < -0.4 is 5.11 Å². The fourth-order valence-electron chi connectivity index (χ4n) is 1.84. The minimum absolute atomic E-state index is 0.204. The number of carbonyl (C=O) groups is 5. The van der Waals surface area contributed by atoms with Crippen molar-refractivity contribution in [1.29, 1.82) is 0 Å². The molecule has 10 nitrogen and oxygen atoms in total. The van der Waals surface area contributed by atoms with E-state index in [4.69, 9.17) is 14.9 Å². The molecule has 0 radical (unpaired) electrons. The molecule has 10 heteroatoms. The van der Waals surface area contributed by atoms with Crippen LogP contribution in [0.5, 0.6) is 0 Å². The van der Waals surface area contributed by atoms with Gasteiger partial charge in [-0.3, -0.25) is 14.4 Å². The minimum atomic E-state index is -1.58. The molecule has 0 fully saturated rings. The van der Waals surface area contributed by atoms with Crippen LogP contribution in [0, 0.1) is 5.92 Å². The molecule has 0 heterocycles. The number of ether oxygens (including phenoxy) is 1. The Morgan fingerprint density at radius 3 is 1.81 bits per heavy atom. The number of aliphatic carboxylic acids is 3. The maximum Gasteiger partial charge on any atom is 0.372 e. The third-order valence-electron chi connectivity index (χ3n) is 2.82.